The minimum Gasteiger partial charge on any atom is -0.462 e. The number of ether oxygens (including phenoxy) is 3. The lowest BCUT2D eigenvalue weighted by Gasteiger charge is -2.18. The number of carbonyl (C=O) groups is 2. The van der Waals surface area contributed by atoms with Gasteiger partial charge in [-0.1, -0.05) is 240 Å². The second-order valence-electron chi connectivity index (χ2n) is 19.5. The van der Waals surface area contributed by atoms with Crippen LogP contribution in [0.5, 0.6) is 0 Å². The first kappa shape index (κ1) is 66.8. The summed E-state index contributed by atoms with van der Waals surface area (Å²) in [5, 5.41) is 0. The quantitative estimate of drug-likeness (QED) is 0.0345. The van der Waals surface area contributed by atoms with Crippen molar-refractivity contribution in [3.8, 4) is 0 Å². The Morgan fingerprint density at radius 2 is 0.643 bits per heavy atom. The number of hydrogen-bond donors (Lipinski definition) is 0. The Morgan fingerprint density at radius 3 is 1.03 bits per heavy atom. The summed E-state index contributed by atoms with van der Waals surface area (Å²) in [5.41, 5.74) is 0. The van der Waals surface area contributed by atoms with E-state index in [9.17, 15) is 9.59 Å². The molecular formula is C65H112O5. The predicted octanol–water partition coefficient (Wildman–Crippen LogP) is 20.6. The van der Waals surface area contributed by atoms with E-state index in [2.05, 4.69) is 118 Å². The molecule has 0 radical (unpaired) electrons. The van der Waals surface area contributed by atoms with Crippen molar-refractivity contribution in [3.05, 3.63) is 97.2 Å². The van der Waals surface area contributed by atoms with E-state index in [0.29, 0.717) is 19.4 Å². The molecule has 402 valence electrons. The molecule has 0 aromatic heterocycles. The Kier molecular flexibility index (Phi) is 57.4. The van der Waals surface area contributed by atoms with E-state index < -0.39 is 6.10 Å². The van der Waals surface area contributed by atoms with Gasteiger partial charge in [0.1, 0.15) is 6.61 Å². The molecule has 0 aliphatic carbocycles. The molecule has 0 aromatic rings. The molecule has 0 fully saturated rings. The Hall–Kier alpha value is -3.18. The zero-order valence-electron chi connectivity index (χ0n) is 46.3. The lowest BCUT2D eigenvalue weighted by Crippen LogP contribution is -2.30. The van der Waals surface area contributed by atoms with Gasteiger partial charge in [-0.3, -0.25) is 9.59 Å². The Balaban J connectivity index is 4.34. The van der Waals surface area contributed by atoms with Crippen LogP contribution in [-0.2, 0) is 23.8 Å². The van der Waals surface area contributed by atoms with E-state index in [1.54, 1.807) is 0 Å². The normalized spacial score (nSPS) is 12.9. The number of hydrogen-bond acceptors (Lipinski definition) is 5. The molecule has 0 heterocycles. The minimum absolute atomic E-state index is 0.0647. The van der Waals surface area contributed by atoms with Gasteiger partial charge in [0, 0.05) is 19.4 Å². The molecule has 1 unspecified atom stereocenters. The van der Waals surface area contributed by atoms with Crippen molar-refractivity contribution in [2.75, 3.05) is 19.8 Å². The highest BCUT2D eigenvalue weighted by atomic mass is 16.6. The lowest BCUT2D eigenvalue weighted by molar-refractivity contribution is -0.163. The average molecular weight is 974 g/mol. The van der Waals surface area contributed by atoms with Gasteiger partial charge in [-0.25, -0.2) is 0 Å². The summed E-state index contributed by atoms with van der Waals surface area (Å²) in [5.74, 6) is -0.421. The third-order valence-electron chi connectivity index (χ3n) is 12.6. The minimum atomic E-state index is -0.563. The van der Waals surface area contributed by atoms with Gasteiger partial charge in [-0.2, -0.15) is 0 Å². The molecule has 0 bridgehead atoms. The zero-order valence-corrected chi connectivity index (χ0v) is 46.3. The highest BCUT2D eigenvalue weighted by Crippen LogP contribution is 2.15. The highest BCUT2D eigenvalue weighted by Gasteiger charge is 2.17. The van der Waals surface area contributed by atoms with Gasteiger partial charge >= 0.3 is 11.9 Å². The van der Waals surface area contributed by atoms with Crippen LogP contribution in [0, 0.1) is 0 Å². The van der Waals surface area contributed by atoms with Crippen LogP contribution in [0.1, 0.15) is 278 Å². The fourth-order valence-electron chi connectivity index (χ4n) is 8.15. The van der Waals surface area contributed by atoms with E-state index in [4.69, 9.17) is 14.2 Å². The van der Waals surface area contributed by atoms with E-state index >= 15 is 0 Å². The van der Waals surface area contributed by atoms with Crippen LogP contribution in [0.15, 0.2) is 97.2 Å². The van der Waals surface area contributed by atoms with Crippen LogP contribution < -0.4 is 0 Å². The Labute approximate surface area is 434 Å². The van der Waals surface area contributed by atoms with E-state index in [0.717, 1.165) is 103 Å². The Morgan fingerprint density at radius 1 is 0.329 bits per heavy atom. The third kappa shape index (κ3) is 57.4. The molecule has 0 aliphatic heterocycles. The molecule has 0 amide bonds. The largest absolute Gasteiger partial charge is 0.462 e. The first-order chi connectivity index (χ1) is 34.6. The van der Waals surface area contributed by atoms with Crippen molar-refractivity contribution in [3.63, 3.8) is 0 Å². The van der Waals surface area contributed by atoms with Crippen LogP contribution >= 0.6 is 0 Å². The van der Waals surface area contributed by atoms with Gasteiger partial charge < -0.3 is 14.2 Å². The van der Waals surface area contributed by atoms with Gasteiger partial charge in [0.05, 0.1) is 6.61 Å². The van der Waals surface area contributed by atoms with Gasteiger partial charge in [-0.15, -0.1) is 0 Å². The van der Waals surface area contributed by atoms with Crippen molar-refractivity contribution in [1.29, 1.82) is 0 Å². The first-order valence-corrected chi connectivity index (χ1v) is 29.8. The summed E-state index contributed by atoms with van der Waals surface area (Å²) in [6, 6.07) is 0. The molecule has 5 heteroatoms. The maximum Gasteiger partial charge on any atom is 0.306 e. The summed E-state index contributed by atoms with van der Waals surface area (Å²) in [6.07, 6.45) is 81.4. The molecule has 0 rings (SSSR count). The zero-order chi connectivity index (χ0) is 50.6. The van der Waals surface area contributed by atoms with Crippen molar-refractivity contribution < 1.29 is 23.8 Å². The molecule has 0 aromatic carbocycles. The number of esters is 2. The standard InChI is InChI=1S/C65H112O5/c1-4-7-10-13-16-19-22-25-28-31-33-35-37-40-43-46-49-52-55-58-64(66)69-62-63(61-68-60-57-54-51-48-45-42-39-30-27-24-21-18-15-12-9-6-3)70-65(67)59-56-53-50-47-44-41-38-36-34-32-29-26-23-20-17-14-11-8-5-2/h9,12,16-21,25-30,42,45,63H,4-8,10-11,13-15,22-24,31-41,43-44,46-62H2,1-3H3/b12-9-,19-16-,20-17-,21-18-,28-25-,29-26-,30-27-,45-42-. The fourth-order valence-corrected chi connectivity index (χ4v) is 8.15. The summed E-state index contributed by atoms with van der Waals surface area (Å²) in [4.78, 5) is 25.6. The number of unbranched alkanes of at least 4 members (excludes halogenated alkanes) is 27. The second-order valence-corrected chi connectivity index (χ2v) is 19.5. The smallest absolute Gasteiger partial charge is 0.306 e. The van der Waals surface area contributed by atoms with Crippen molar-refractivity contribution in [2.45, 2.75) is 284 Å². The third-order valence-corrected chi connectivity index (χ3v) is 12.6. The lowest BCUT2D eigenvalue weighted by atomic mass is 10.1. The first-order valence-electron chi connectivity index (χ1n) is 29.8. The summed E-state index contributed by atoms with van der Waals surface area (Å²) in [6.45, 7) is 7.61. The van der Waals surface area contributed by atoms with Crippen LogP contribution in [0.25, 0.3) is 0 Å². The number of rotatable bonds is 54. The van der Waals surface area contributed by atoms with Crippen molar-refractivity contribution in [1.82, 2.24) is 0 Å². The predicted molar refractivity (Wildman–Crippen MR) is 306 cm³/mol. The van der Waals surface area contributed by atoms with E-state index in [1.807, 2.05) is 0 Å². The fraction of sp³-hybridized carbons (Fsp3) is 0.723. The van der Waals surface area contributed by atoms with Gasteiger partial charge in [0.25, 0.3) is 0 Å². The summed E-state index contributed by atoms with van der Waals surface area (Å²) < 4.78 is 17.5. The maximum atomic E-state index is 12.9. The van der Waals surface area contributed by atoms with Crippen molar-refractivity contribution in [2.24, 2.45) is 0 Å². The number of carbonyl (C=O) groups excluding carboxylic acids is 2. The molecule has 0 N–H and O–H groups in total. The Bertz CT molecular complexity index is 1330. The molecule has 70 heavy (non-hydrogen) atoms. The van der Waals surface area contributed by atoms with Crippen molar-refractivity contribution >= 4 is 11.9 Å². The van der Waals surface area contributed by atoms with Gasteiger partial charge in [0.15, 0.2) is 6.10 Å². The molecule has 1 atom stereocenters. The second kappa shape index (κ2) is 60.1. The average Bonchev–Trinajstić information content (AvgIpc) is 3.36. The van der Waals surface area contributed by atoms with E-state index in [-0.39, 0.29) is 25.2 Å². The summed E-state index contributed by atoms with van der Waals surface area (Å²) >= 11 is 0. The highest BCUT2D eigenvalue weighted by molar-refractivity contribution is 5.70. The van der Waals surface area contributed by atoms with E-state index in [1.165, 1.54) is 141 Å². The van der Waals surface area contributed by atoms with Gasteiger partial charge in [-0.05, 0) is 122 Å². The van der Waals surface area contributed by atoms with Crippen LogP contribution in [-0.4, -0.2) is 37.9 Å². The molecule has 0 saturated carbocycles. The molecule has 0 saturated heterocycles. The van der Waals surface area contributed by atoms with Crippen LogP contribution in [0.3, 0.4) is 0 Å². The molecule has 5 nitrogen and oxygen atoms in total. The SMILES string of the molecule is CC/C=C\C/C=C\C/C=C\C/C=C\CCCCCOCC(COC(=O)CCCCCCCCCCC/C=C\C/C=C\CCCCC)OC(=O)CCCCCCCCCCC/C=C\C/C=C\CCCCC. The van der Waals surface area contributed by atoms with Crippen LogP contribution in [0.4, 0.5) is 0 Å². The molecule has 0 spiro atoms. The molecular weight excluding hydrogens is 861 g/mol. The maximum absolute atomic E-state index is 12.9. The number of allylic oxidation sites excluding steroid dienone is 16. The summed E-state index contributed by atoms with van der Waals surface area (Å²) in [7, 11) is 0. The molecule has 0 aliphatic rings. The van der Waals surface area contributed by atoms with Gasteiger partial charge in [0.2, 0.25) is 0 Å². The van der Waals surface area contributed by atoms with Crippen LogP contribution in [0.2, 0.25) is 0 Å². The monoisotopic (exact) mass is 973 g/mol. The topological polar surface area (TPSA) is 61.8 Å².